The number of halogens is 1. The first-order valence-electron chi connectivity index (χ1n) is 9.09. The highest BCUT2D eigenvalue weighted by Gasteiger charge is 2.46. The summed E-state index contributed by atoms with van der Waals surface area (Å²) in [6, 6.07) is 15.7. The summed E-state index contributed by atoms with van der Waals surface area (Å²) in [5.74, 6) is -2.07. The fraction of sp³-hybridized carbons (Fsp3) is 0.130. The Labute approximate surface area is 171 Å². The van der Waals surface area contributed by atoms with Gasteiger partial charge in [0.2, 0.25) is 0 Å². The fourth-order valence-corrected chi connectivity index (χ4v) is 4.17. The van der Waals surface area contributed by atoms with Gasteiger partial charge in [-0.05, 0) is 36.1 Å². The van der Waals surface area contributed by atoms with E-state index in [-0.39, 0.29) is 17.9 Å². The van der Waals surface area contributed by atoms with Crippen molar-refractivity contribution in [2.45, 2.75) is 19.5 Å². The fourth-order valence-electron chi connectivity index (χ4n) is 3.47. The molecule has 1 aliphatic rings. The first kappa shape index (κ1) is 19.1. The average Bonchev–Trinajstić information content (AvgIpc) is 3.31. The average molecular weight is 407 g/mol. The molecule has 1 amide bonds. The van der Waals surface area contributed by atoms with E-state index in [0.717, 1.165) is 10.4 Å². The van der Waals surface area contributed by atoms with Crippen LogP contribution in [0.15, 0.2) is 71.6 Å². The van der Waals surface area contributed by atoms with E-state index >= 15 is 0 Å². The van der Waals surface area contributed by atoms with Gasteiger partial charge in [0.25, 0.3) is 11.7 Å². The van der Waals surface area contributed by atoms with Gasteiger partial charge in [-0.1, -0.05) is 48.0 Å². The summed E-state index contributed by atoms with van der Waals surface area (Å²) in [6.45, 7) is 2.15. The lowest BCUT2D eigenvalue weighted by atomic mass is 9.95. The molecule has 29 heavy (non-hydrogen) atoms. The maximum absolute atomic E-state index is 13.5. The number of ketones is 1. The van der Waals surface area contributed by atoms with E-state index in [2.05, 4.69) is 0 Å². The lowest BCUT2D eigenvalue weighted by molar-refractivity contribution is -0.140. The van der Waals surface area contributed by atoms with E-state index in [1.54, 1.807) is 12.1 Å². The minimum atomic E-state index is -0.793. The van der Waals surface area contributed by atoms with Crippen LogP contribution < -0.4 is 0 Å². The van der Waals surface area contributed by atoms with Crippen LogP contribution in [0, 0.1) is 12.7 Å². The van der Waals surface area contributed by atoms with Gasteiger partial charge in [-0.25, -0.2) is 4.39 Å². The number of hydrogen-bond acceptors (Lipinski definition) is 4. The predicted octanol–water partition coefficient (Wildman–Crippen LogP) is 4.82. The number of aryl methyl sites for hydroxylation is 1. The number of aliphatic hydroxyl groups excluding tert-OH is 1. The molecule has 146 valence electrons. The van der Waals surface area contributed by atoms with Crippen LogP contribution in [0.3, 0.4) is 0 Å². The highest BCUT2D eigenvalue weighted by Crippen LogP contribution is 2.40. The van der Waals surface area contributed by atoms with Crippen molar-refractivity contribution in [3.05, 3.63) is 99.0 Å². The predicted molar refractivity (Wildman–Crippen MR) is 110 cm³/mol. The minimum Gasteiger partial charge on any atom is -0.507 e. The topological polar surface area (TPSA) is 57.6 Å². The molecule has 2 heterocycles. The number of nitrogens with zero attached hydrogens (tertiary/aromatic N) is 1. The van der Waals surface area contributed by atoms with Gasteiger partial charge in [0.15, 0.2) is 0 Å². The van der Waals surface area contributed by atoms with Crippen molar-refractivity contribution < 1.29 is 19.1 Å². The molecular formula is C23H18FNO3S. The molecular weight excluding hydrogens is 389 g/mol. The van der Waals surface area contributed by atoms with Crippen molar-refractivity contribution in [3.63, 3.8) is 0 Å². The summed E-state index contributed by atoms with van der Waals surface area (Å²) in [5.41, 5.74) is 2.05. The molecule has 4 rings (SSSR count). The maximum atomic E-state index is 13.5. The zero-order chi connectivity index (χ0) is 20.5. The van der Waals surface area contributed by atoms with Crippen LogP contribution in [0.25, 0.3) is 5.76 Å². The molecule has 4 nitrogen and oxygen atoms in total. The molecule has 1 aromatic heterocycles. The molecule has 6 heteroatoms. The normalized spacial score (nSPS) is 18.4. The lowest BCUT2D eigenvalue weighted by Crippen LogP contribution is -2.28. The molecule has 1 atom stereocenters. The van der Waals surface area contributed by atoms with Crippen molar-refractivity contribution >= 4 is 28.8 Å². The minimum absolute atomic E-state index is 0.0158. The summed E-state index contributed by atoms with van der Waals surface area (Å²) >= 11 is 1.48. The highest BCUT2D eigenvalue weighted by molar-refractivity contribution is 7.09. The second-order valence-electron chi connectivity index (χ2n) is 6.92. The van der Waals surface area contributed by atoms with Crippen molar-refractivity contribution in [2.24, 2.45) is 0 Å². The molecule has 2 aromatic carbocycles. The number of benzene rings is 2. The zero-order valence-corrected chi connectivity index (χ0v) is 16.4. The molecule has 0 aliphatic carbocycles. The van der Waals surface area contributed by atoms with Crippen LogP contribution in [0.5, 0.6) is 0 Å². The van der Waals surface area contributed by atoms with Gasteiger partial charge in [-0.15, -0.1) is 11.3 Å². The summed E-state index contributed by atoms with van der Waals surface area (Å²) in [6.07, 6.45) is 0. The van der Waals surface area contributed by atoms with Crippen molar-refractivity contribution in [1.82, 2.24) is 4.90 Å². The van der Waals surface area contributed by atoms with Gasteiger partial charge in [-0.3, -0.25) is 9.59 Å². The Kier molecular flexibility index (Phi) is 5.03. The van der Waals surface area contributed by atoms with E-state index < -0.39 is 23.5 Å². The number of rotatable bonds is 4. The Hall–Kier alpha value is -3.25. The van der Waals surface area contributed by atoms with Crippen molar-refractivity contribution in [3.8, 4) is 0 Å². The standard InChI is InChI=1S/C23H18FNO3S/c1-14-4-6-16(7-5-14)21(26)19-20(15-8-10-17(24)11-9-15)25(23(28)22(19)27)13-18-3-2-12-29-18/h2-12,20,26H,13H2,1H3/b21-19+. The van der Waals surface area contributed by atoms with Crippen LogP contribution in [0.1, 0.15) is 27.6 Å². The summed E-state index contributed by atoms with van der Waals surface area (Å²) < 4.78 is 13.5. The first-order chi connectivity index (χ1) is 14.0. The Balaban J connectivity index is 1.86. The summed E-state index contributed by atoms with van der Waals surface area (Å²) in [5, 5.41) is 12.8. The Bertz CT molecular complexity index is 1090. The summed E-state index contributed by atoms with van der Waals surface area (Å²) in [7, 11) is 0. The van der Waals surface area contributed by atoms with Crippen LogP contribution in [-0.2, 0) is 16.1 Å². The third-order valence-corrected chi connectivity index (χ3v) is 5.82. The SMILES string of the molecule is Cc1ccc(/C(O)=C2\C(=O)C(=O)N(Cc3cccs3)C2c2ccc(F)cc2)cc1. The second kappa shape index (κ2) is 7.64. The Morgan fingerprint density at radius 2 is 1.76 bits per heavy atom. The second-order valence-corrected chi connectivity index (χ2v) is 7.96. The van der Waals surface area contributed by atoms with Crippen molar-refractivity contribution in [1.29, 1.82) is 0 Å². The first-order valence-corrected chi connectivity index (χ1v) is 9.97. The van der Waals surface area contributed by atoms with Crippen LogP contribution in [0.2, 0.25) is 0 Å². The molecule has 1 saturated heterocycles. The lowest BCUT2D eigenvalue weighted by Gasteiger charge is -2.25. The van der Waals surface area contributed by atoms with E-state index in [1.807, 2.05) is 36.6 Å². The van der Waals surface area contributed by atoms with E-state index in [9.17, 15) is 19.1 Å². The Morgan fingerprint density at radius 3 is 2.38 bits per heavy atom. The molecule has 0 radical (unpaired) electrons. The van der Waals surface area contributed by atoms with Gasteiger partial charge < -0.3 is 10.0 Å². The largest absolute Gasteiger partial charge is 0.507 e. The number of Topliss-reactive ketones (excluding diaryl/α,β-unsaturated/α-hetero) is 1. The number of hydrogen-bond donors (Lipinski definition) is 1. The monoisotopic (exact) mass is 407 g/mol. The number of aliphatic hydroxyl groups is 1. The molecule has 3 aromatic rings. The smallest absolute Gasteiger partial charge is 0.295 e. The van der Waals surface area contributed by atoms with Gasteiger partial charge in [-0.2, -0.15) is 0 Å². The third kappa shape index (κ3) is 3.59. The molecule has 0 saturated carbocycles. The molecule has 1 aliphatic heterocycles. The zero-order valence-electron chi connectivity index (χ0n) is 15.6. The number of carbonyl (C=O) groups excluding carboxylic acids is 2. The van der Waals surface area contributed by atoms with Gasteiger partial charge in [0.1, 0.15) is 11.6 Å². The highest BCUT2D eigenvalue weighted by atomic mass is 32.1. The quantitative estimate of drug-likeness (QED) is 0.383. The molecule has 1 N–H and O–H groups in total. The van der Waals surface area contributed by atoms with Crippen LogP contribution in [0.4, 0.5) is 4.39 Å². The summed E-state index contributed by atoms with van der Waals surface area (Å²) in [4.78, 5) is 28.1. The van der Waals surface area contributed by atoms with Gasteiger partial charge >= 0.3 is 0 Å². The van der Waals surface area contributed by atoms with E-state index in [4.69, 9.17) is 0 Å². The van der Waals surface area contributed by atoms with Crippen LogP contribution in [-0.4, -0.2) is 21.7 Å². The third-order valence-electron chi connectivity index (χ3n) is 4.96. The number of thiophene rings is 1. The number of carbonyl (C=O) groups is 2. The molecule has 0 spiro atoms. The molecule has 1 fully saturated rings. The van der Waals surface area contributed by atoms with E-state index in [1.165, 1.54) is 40.5 Å². The maximum Gasteiger partial charge on any atom is 0.295 e. The van der Waals surface area contributed by atoms with E-state index in [0.29, 0.717) is 11.1 Å². The molecule has 1 unspecified atom stereocenters. The van der Waals surface area contributed by atoms with Crippen LogP contribution >= 0.6 is 11.3 Å². The van der Waals surface area contributed by atoms with Gasteiger partial charge in [0.05, 0.1) is 18.2 Å². The van der Waals surface area contributed by atoms with Gasteiger partial charge in [0, 0.05) is 10.4 Å². The Morgan fingerprint density at radius 1 is 1.07 bits per heavy atom. The van der Waals surface area contributed by atoms with Crippen molar-refractivity contribution in [2.75, 3.05) is 0 Å². The number of likely N-dealkylation sites (tertiary alicyclic amines) is 1. The number of amides is 1. The molecule has 0 bridgehead atoms.